The predicted octanol–water partition coefficient (Wildman–Crippen LogP) is 16.3. The van der Waals surface area contributed by atoms with E-state index in [2.05, 4.69) is 228 Å². The molecule has 60 heavy (non-hydrogen) atoms. The van der Waals surface area contributed by atoms with E-state index in [1.54, 1.807) is 0 Å². The van der Waals surface area contributed by atoms with Gasteiger partial charge in [-0.15, -0.1) is 0 Å². The molecule has 0 spiro atoms. The zero-order valence-corrected chi connectivity index (χ0v) is 37.7. The molecule has 0 amide bonds. The summed E-state index contributed by atoms with van der Waals surface area (Å²) in [4.78, 5) is 2.51. The SMILES string of the molecule is CC(C)(C)c1cc2c(c(C(C)(C)C)c1)C(C)(C)c1cccc(-c3cccc(N(c4ccc5c(c4)C(C)(C)c4ccccc4-5)c4ccc5c(c4)C(C)(C)c4ccccc4-5)c3)c1-2. The molecule has 0 atom stereocenters. The molecular formula is C59H59N. The fourth-order valence-corrected chi connectivity index (χ4v) is 11.2. The quantitative estimate of drug-likeness (QED) is 0.172. The average molecular weight is 782 g/mol. The Morgan fingerprint density at radius 2 is 0.850 bits per heavy atom. The van der Waals surface area contributed by atoms with Crippen molar-refractivity contribution in [1.82, 2.24) is 0 Å². The molecule has 0 unspecified atom stereocenters. The first kappa shape index (κ1) is 38.5. The first-order valence-electron chi connectivity index (χ1n) is 22.0. The van der Waals surface area contributed by atoms with Gasteiger partial charge >= 0.3 is 0 Å². The van der Waals surface area contributed by atoms with E-state index < -0.39 is 0 Å². The van der Waals surface area contributed by atoms with Crippen LogP contribution < -0.4 is 4.90 Å². The molecule has 10 rings (SSSR count). The van der Waals surface area contributed by atoms with Crippen LogP contribution in [0.5, 0.6) is 0 Å². The molecule has 0 bridgehead atoms. The van der Waals surface area contributed by atoms with Crippen molar-refractivity contribution in [1.29, 1.82) is 0 Å². The standard InChI is InChI=1S/C59H59N/c1-55(2,3)37-32-46-53-41(23-18-26-49(53)59(11,12)54(46)52(33-37)56(4,5)6)36-19-17-20-38(31-36)60(39-27-29-44-42-21-13-15-24-47(42)57(7,8)50(44)34-39)40-28-30-45-43-22-14-16-25-48(43)58(9,10)51(45)35-40/h13-35H,1-12H3. The predicted molar refractivity (Wildman–Crippen MR) is 257 cm³/mol. The first-order chi connectivity index (χ1) is 28.3. The number of rotatable bonds is 4. The Morgan fingerprint density at radius 3 is 1.40 bits per heavy atom. The Bertz CT molecular complexity index is 2810. The number of hydrogen-bond donors (Lipinski definition) is 0. The molecule has 0 radical (unpaired) electrons. The van der Waals surface area contributed by atoms with Crippen LogP contribution >= 0.6 is 0 Å². The van der Waals surface area contributed by atoms with E-state index in [4.69, 9.17) is 0 Å². The summed E-state index contributed by atoms with van der Waals surface area (Å²) in [7, 11) is 0. The van der Waals surface area contributed by atoms with E-state index in [0.717, 1.165) is 5.69 Å². The molecule has 0 saturated carbocycles. The van der Waals surface area contributed by atoms with Gasteiger partial charge in [0.1, 0.15) is 0 Å². The highest BCUT2D eigenvalue weighted by atomic mass is 15.1. The van der Waals surface area contributed by atoms with Crippen LogP contribution in [-0.4, -0.2) is 0 Å². The van der Waals surface area contributed by atoms with Gasteiger partial charge < -0.3 is 4.90 Å². The van der Waals surface area contributed by atoms with E-state index >= 15 is 0 Å². The van der Waals surface area contributed by atoms with Crippen LogP contribution in [0.4, 0.5) is 17.1 Å². The van der Waals surface area contributed by atoms with Crippen molar-refractivity contribution >= 4 is 17.1 Å². The molecule has 1 heteroatoms. The van der Waals surface area contributed by atoms with Gasteiger partial charge in [0.25, 0.3) is 0 Å². The summed E-state index contributed by atoms with van der Waals surface area (Å²) in [6.07, 6.45) is 0. The molecule has 0 N–H and O–H groups in total. The minimum absolute atomic E-state index is 0.00280. The second kappa shape index (κ2) is 12.7. The number of fused-ring (bicyclic) bond motifs is 9. The Morgan fingerprint density at radius 1 is 0.367 bits per heavy atom. The van der Waals surface area contributed by atoms with Gasteiger partial charge in [0.2, 0.25) is 0 Å². The highest BCUT2D eigenvalue weighted by Crippen LogP contribution is 2.57. The maximum absolute atomic E-state index is 2.52. The van der Waals surface area contributed by atoms with Crippen LogP contribution in [0.3, 0.4) is 0 Å². The summed E-state index contributed by atoms with van der Waals surface area (Å²) in [5, 5.41) is 0. The van der Waals surface area contributed by atoms with Crippen LogP contribution in [0.25, 0.3) is 44.5 Å². The molecular weight excluding hydrogens is 723 g/mol. The molecule has 0 saturated heterocycles. The van der Waals surface area contributed by atoms with Crippen LogP contribution in [0.2, 0.25) is 0 Å². The maximum Gasteiger partial charge on any atom is 0.0467 e. The maximum atomic E-state index is 2.52. The van der Waals surface area contributed by atoms with Crippen molar-refractivity contribution in [3.05, 3.63) is 184 Å². The van der Waals surface area contributed by atoms with E-state index in [-0.39, 0.29) is 27.1 Å². The molecule has 3 aliphatic rings. The molecule has 0 heterocycles. The highest BCUT2D eigenvalue weighted by molar-refractivity contribution is 5.95. The van der Waals surface area contributed by atoms with Crippen molar-refractivity contribution in [3.8, 4) is 44.5 Å². The molecule has 0 aromatic heterocycles. The van der Waals surface area contributed by atoms with Crippen molar-refractivity contribution in [2.24, 2.45) is 0 Å². The molecule has 1 nitrogen and oxygen atoms in total. The second-order valence-corrected chi connectivity index (χ2v) is 21.5. The lowest BCUT2D eigenvalue weighted by atomic mass is 9.71. The summed E-state index contributed by atoms with van der Waals surface area (Å²) < 4.78 is 0. The van der Waals surface area contributed by atoms with Gasteiger partial charge in [-0.05, 0) is 136 Å². The number of nitrogens with zero attached hydrogens (tertiary/aromatic N) is 1. The third-order valence-corrected chi connectivity index (χ3v) is 14.5. The summed E-state index contributed by atoms with van der Waals surface area (Å²) in [6.45, 7) is 28.6. The van der Waals surface area contributed by atoms with Gasteiger partial charge in [0, 0.05) is 33.3 Å². The molecule has 7 aromatic carbocycles. The van der Waals surface area contributed by atoms with E-state index in [0.29, 0.717) is 0 Å². The van der Waals surface area contributed by atoms with E-state index in [9.17, 15) is 0 Å². The van der Waals surface area contributed by atoms with Crippen molar-refractivity contribution in [3.63, 3.8) is 0 Å². The lowest BCUT2D eigenvalue weighted by molar-refractivity contribution is 0.545. The van der Waals surface area contributed by atoms with Gasteiger partial charge in [-0.3, -0.25) is 0 Å². The summed E-state index contributed by atoms with van der Waals surface area (Å²) in [5.74, 6) is 0. The Hall–Kier alpha value is -5.66. The highest BCUT2D eigenvalue weighted by Gasteiger charge is 2.42. The largest absolute Gasteiger partial charge is 0.310 e. The lowest BCUT2D eigenvalue weighted by Crippen LogP contribution is -2.24. The molecule has 7 aromatic rings. The Kier molecular flexibility index (Phi) is 8.15. The van der Waals surface area contributed by atoms with Crippen LogP contribution in [0.15, 0.2) is 140 Å². The second-order valence-electron chi connectivity index (χ2n) is 21.5. The zero-order valence-electron chi connectivity index (χ0n) is 37.7. The van der Waals surface area contributed by atoms with Crippen LogP contribution in [-0.2, 0) is 27.1 Å². The minimum Gasteiger partial charge on any atom is -0.310 e. The molecule has 0 fully saturated rings. The minimum atomic E-state index is -0.132. The van der Waals surface area contributed by atoms with Gasteiger partial charge in [-0.25, -0.2) is 0 Å². The molecule has 300 valence electrons. The monoisotopic (exact) mass is 781 g/mol. The number of anilines is 3. The number of hydrogen-bond acceptors (Lipinski definition) is 1. The van der Waals surface area contributed by atoms with E-state index in [1.165, 1.54) is 100 Å². The lowest BCUT2D eigenvalue weighted by Gasteiger charge is -2.32. The number of benzene rings is 7. The van der Waals surface area contributed by atoms with Gasteiger partial charge in [-0.2, -0.15) is 0 Å². The smallest absolute Gasteiger partial charge is 0.0467 e. The summed E-state index contributed by atoms with van der Waals surface area (Å²) in [6, 6.07) is 53.7. The van der Waals surface area contributed by atoms with Crippen molar-refractivity contribution in [2.75, 3.05) is 4.90 Å². The third-order valence-electron chi connectivity index (χ3n) is 14.5. The van der Waals surface area contributed by atoms with Crippen LogP contribution in [0, 0.1) is 0 Å². The van der Waals surface area contributed by atoms with Gasteiger partial charge in [0.05, 0.1) is 0 Å². The normalized spacial score (nSPS) is 16.1. The fourth-order valence-electron chi connectivity index (χ4n) is 11.2. The topological polar surface area (TPSA) is 3.24 Å². The zero-order chi connectivity index (χ0) is 42.3. The van der Waals surface area contributed by atoms with Gasteiger partial charge in [0.15, 0.2) is 0 Å². The van der Waals surface area contributed by atoms with Crippen molar-refractivity contribution < 1.29 is 0 Å². The molecule has 0 aliphatic heterocycles. The summed E-state index contributed by atoms with van der Waals surface area (Å²) >= 11 is 0. The van der Waals surface area contributed by atoms with Crippen molar-refractivity contribution in [2.45, 2.75) is 110 Å². The third kappa shape index (κ3) is 5.50. The first-order valence-corrected chi connectivity index (χ1v) is 22.0. The van der Waals surface area contributed by atoms with Crippen LogP contribution in [0.1, 0.15) is 128 Å². The summed E-state index contributed by atoms with van der Waals surface area (Å²) in [5.41, 5.74) is 25.1. The van der Waals surface area contributed by atoms with Gasteiger partial charge in [-0.1, -0.05) is 186 Å². The van der Waals surface area contributed by atoms with E-state index in [1.807, 2.05) is 0 Å². The molecule has 3 aliphatic carbocycles. The Labute approximate surface area is 359 Å². The fraction of sp³-hybridized carbons (Fsp3) is 0.288. The average Bonchev–Trinajstić information content (AvgIpc) is 3.69. The Balaban J connectivity index is 1.19.